The maximum absolute atomic E-state index is 13.1. The molecule has 4 rings (SSSR count). The number of nitrogens with zero attached hydrogens (tertiary/aromatic N) is 3. The van der Waals surface area contributed by atoms with Gasteiger partial charge < -0.3 is 9.88 Å². The number of hydrogen-bond acceptors (Lipinski definition) is 3. The minimum absolute atomic E-state index is 0.0151. The van der Waals surface area contributed by atoms with E-state index in [0.29, 0.717) is 0 Å². The molecule has 0 aliphatic carbocycles. The molecule has 2 heterocycles. The highest BCUT2D eigenvalue weighted by atomic mass is 35.5. The summed E-state index contributed by atoms with van der Waals surface area (Å²) in [7, 11) is 1.71. The molecule has 31 heavy (non-hydrogen) atoms. The van der Waals surface area contributed by atoms with E-state index in [1.165, 1.54) is 11.3 Å². The highest BCUT2D eigenvalue weighted by Gasteiger charge is 2.38. The molecule has 162 valence electrons. The number of imidazole rings is 1. The highest BCUT2D eigenvalue weighted by Crippen LogP contribution is 2.38. The molecule has 2 atom stereocenters. The van der Waals surface area contributed by atoms with Gasteiger partial charge in [0.2, 0.25) is 5.91 Å². The first-order valence-electron chi connectivity index (χ1n) is 10.8. The van der Waals surface area contributed by atoms with Crippen LogP contribution in [0, 0.1) is 13.8 Å². The lowest BCUT2D eigenvalue weighted by atomic mass is 9.94. The molecule has 1 aromatic heterocycles. The first kappa shape index (κ1) is 21.6. The largest absolute Gasteiger partial charge is 0.358 e. The summed E-state index contributed by atoms with van der Waals surface area (Å²) in [6.45, 7) is 5.76. The van der Waals surface area contributed by atoms with Crippen molar-refractivity contribution in [1.82, 2.24) is 19.8 Å². The van der Waals surface area contributed by atoms with Gasteiger partial charge in [0.05, 0.1) is 17.4 Å². The Kier molecular flexibility index (Phi) is 6.44. The smallest absolute Gasteiger partial charge is 0.241 e. The second-order valence-electron chi connectivity index (χ2n) is 8.13. The van der Waals surface area contributed by atoms with Crippen molar-refractivity contribution >= 4 is 17.5 Å². The number of nitrogens with one attached hydrogen (secondary N) is 1. The van der Waals surface area contributed by atoms with Crippen molar-refractivity contribution in [2.24, 2.45) is 0 Å². The summed E-state index contributed by atoms with van der Waals surface area (Å²) < 4.78 is 2.32. The van der Waals surface area contributed by atoms with E-state index in [1.807, 2.05) is 48.5 Å². The monoisotopic (exact) mass is 436 g/mol. The Labute approximate surface area is 189 Å². The molecule has 1 unspecified atom stereocenters. The summed E-state index contributed by atoms with van der Waals surface area (Å²) in [5, 5.41) is 3.64. The van der Waals surface area contributed by atoms with E-state index in [-0.39, 0.29) is 18.0 Å². The summed E-state index contributed by atoms with van der Waals surface area (Å²) >= 11 is 6.22. The Bertz CT molecular complexity index is 1060. The molecular weight excluding hydrogens is 408 g/mol. The Morgan fingerprint density at radius 1 is 1.16 bits per heavy atom. The molecule has 0 spiro atoms. The lowest BCUT2D eigenvalue weighted by molar-refractivity contribution is -0.128. The van der Waals surface area contributed by atoms with Crippen LogP contribution in [0.5, 0.6) is 0 Å². The topological polar surface area (TPSA) is 50.2 Å². The number of carbonyl (C=O) groups is 1. The average Bonchev–Trinajstić information content (AvgIpc) is 3.07. The van der Waals surface area contributed by atoms with Crippen LogP contribution in [0.15, 0.2) is 54.6 Å². The van der Waals surface area contributed by atoms with Crippen LogP contribution in [-0.2, 0) is 17.8 Å². The van der Waals surface area contributed by atoms with Crippen molar-refractivity contribution in [3.63, 3.8) is 0 Å². The van der Waals surface area contributed by atoms with E-state index in [0.717, 1.165) is 48.0 Å². The molecule has 1 aliphatic rings. The Morgan fingerprint density at radius 2 is 1.94 bits per heavy atom. The van der Waals surface area contributed by atoms with E-state index in [9.17, 15) is 4.79 Å². The molecule has 0 radical (unpaired) electrons. The number of carbonyl (C=O) groups excluding carboxylic acids is 1. The van der Waals surface area contributed by atoms with Crippen LogP contribution in [0.3, 0.4) is 0 Å². The normalized spacial score (nSPS) is 17.2. The number of amides is 1. The molecule has 0 saturated carbocycles. The van der Waals surface area contributed by atoms with Gasteiger partial charge in [0.15, 0.2) is 0 Å². The van der Waals surface area contributed by atoms with E-state index >= 15 is 0 Å². The number of aromatic nitrogens is 2. The molecule has 0 fully saturated rings. The fourth-order valence-corrected chi connectivity index (χ4v) is 5.05. The van der Waals surface area contributed by atoms with Gasteiger partial charge >= 0.3 is 0 Å². The highest BCUT2D eigenvalue weighted by molar-refractivity contribution is 6.30. The van der Waals surface area contributed by atoms with Crippen LogP contribution in [-0.4, -0.2) is 34.0 Å². The predicted octanol–water partition coefficient (Wildman–Crippen LogP) is 4.63. The Hall–Kier alpha value is -2.63. The van der Waals surface area contributed by atoms with Gasteiger partial charge in [0.25, 0.3) is 0 Å². The Balaban J connectivity index is 1.74. The molecule has 1 aliphatic heterocycles. The zero-order valence-electron chi connectivity index (χ0n) is 18.3. The van der Waals surface area contributed by atoms with Gasteiger partial charge in [-0.15, -0.1) is 0 Å². The third-order valence-corrected chi connectivity index (χ3v) is 6.45. The number of fused-ring (bicyclic) bond motifs is 1. The number of hydrogen-bond donors (Lipinski definition) is 1. The summed E-state index contributed by atoms with van der Waals surface area (Å²) in [6, 6.07) is 17.8. The zero-order valence-corrected chi connectivity index (χ0v) is 19.1. The maximum atomic E-state index is 13.1. The van der Waals surface area contributed by atoms with Crippen molar-refractivity contribution in [3.8, 4) is 0 Å². The van der Waals surface area contributed by atoms with Crippen molar-refractivity contribution in [1.29, 1.82) is 0 Å². The summed E-state index contributed by atoms with van der Waals surface area (Å²) in [5.41, 5.74) is 4.48. The molecule has 1 amide bonds. The van der Waals surface area contributed by atoms with Gasteiger partial charge in [-0.25, -0.2) is 4.98 Å². The van der Waals surface area contributed by atoms with Crippen molar-refractivity contribution in [2.75, 3.05) is 13.6 Å². The summed E-state index contributed by atoms with van der Waals surface area (Å²) in [5.74, 6) is 1.05. The molecule has 5 nitrogen and oxygen atoms in total. The van der Waals surface area contributed by atoms with E-state index in [4.69, 9.17) is 16.6 Å². The van der Waals surface area contributed by atoms with Crippen LogP contribution in [0.2, 0.25) is 5.02 Å². The van der Waals surface area contributed by atoms with Gasteiger partial charge in [0, 0.05) is 25.2 Å². The average molecular weight is 437 g/mol. The molecule has 3 aromatic rings. The lowest BCUT2D eigenvalue weighted by Gasteiger charge is -2.41. The number of halogens is 1. The van der Waals surface area contributed by atoms with E-state index < -0.39 is 0 Å². The quantitative estimate of drug-likeness (QED) is 0.612. The minimum atomic E-state index is -0.348. The second-order valence-corrected chi connectivity index (χ2v) is 8.57. The summed E-state index contributed by atoms with van der Waals surface area (Å²) in [4.78, 5) is 20.2. The number of aryl methyl sites for hydroxylation is 3. The predicted molar refractivity (Wildman–Crippen MR) is 124 cm³/mol. The van der Waals surface area contributed by atoms with Crippen LogP contribution >= 0.6 is 11.6 Å². The van der Waals surface area contributed by atoms with Gasteiger partial charge in [-0.1, -0.05) is 54.1 Å². The fraction of sp³-hybridized carbons (Fsp3) is 0.360. The van der Waals surface area contributed by atoms with Crippen molar-refractivity contribution in [3.05, 3.63) is 88.0 Å². The fourth-order valence-electron chi connectivity index (χ4n) is 4.83. The molecule has 2 aromatic carbocycles. The van der Waals surface area contributed by atoms with Gasteiger partial charge in [0.1, 0.15) is 11.9 Å². The number of likely N-dealkylation sites (N-methyl/N-ethyl adjacent to an activating group) is 1. The van der Waals surface area contributed by atoms with Gasteiger partial charge in [-0.3, -0.25) is 9.69 Å². The minimum Gasteiger partial charge on any atom is -0.358 e. The standard InChI is InChI=1S/C25H29ClN4O/c1-17-23-22(13-12-19-8-7-11-21(26)16-19)30(15-14-29(23)18(2)28-17)24(25(31)27-3)20-9-5-4-6-10-20/h4-11,16,22,24H,12-15H2,1-3H3,(H,27,31)/t22?,24-/m1/s1. The molecular formula is C25H29ClN4O. The first-order valence-corrected chi connectivity index (χ1v) is 11.2. The van der Waals surface area contributed by atoms with Gasteiger partial charge in [-0.2, -0.15) is 0 Å². The van der Waals surface area contributed by atoms with Crippen LogP contribution < -0.4 is 5.32 Å². The third-order valence-electron chi connectivity index (χ3n) is 6.22. The van der Waals surface area contributed by atoms with E-state index in [1.54, 1.807) is 7.05 Å². The van der Waals surface area contributed by atoms with Crippen LogP contribution in [0.4, 0.5) is 0 Å². The van der Waals surface area contributed by atoms with Crippen LogP contribution in [0.1, 0.15) is 46.8 Å². The maximum Gasteiger partial charge on any atom is 0.241 e. The molecule has 0 bridgehead atoms. The van der Waals surface area contributed by atoms with Gasteiger partial charge in [-0.05, 0) is 49.9 Å². The van der Waals surface area contributed by atoms with Crippen molar-refractivity contribution in [2.45, 2.75) is 45.3 Å². The zero-order chi connectivity index (χ0) is 22.0. The summed E-state index contributed by atoms with van der Waals surface area (Å²) in [6.07, 6.45) is 1.76. The third kappa shape index (κ3) is 4.39. The Morgan fingerprint density at radius 3 is 2.65 bits per heavy atom. The molecule has 1 N–H and O–H groups in total. The molecule has 0 saturated heterocycles. The molecule has 6 heteroatoms. The second kappa shape index (κ2) is 9.25. The van der Waals surface area contributed by atoms with Crippen LogP contribution in [0.25, 0.3) is 0 Å². The van der Waals surface area contributed by atoms with Crippen molar-refractivity contribution < 1.29 is 4.79 Å². The van der Waals surface area contributed by atoms with E-state index in [2.05, 4.69) is 34.7 Å². The SMILES string of the molecule is CNC(=O)[C@@H](c1ccccc1)N1CCn2c(C)nc(C)c2C1CCc1cccc(Cl)c1. The number of rotatable bonds is 6. The number of benzene rings is 2. The lowest BCUT2D eigenvalue weighted by Crippen LogP contribution is -2.46. The first-order chi connectivity index (χ1) is 15.0.